The summed E-state index contributed by atoms with van der Waals surface area (Å²) in [6.45, 7) is 3.47. The molecular formula is C8H18ClN3O. The second-order valence-corrected chi connectivity index (χ2v) is 3.33. The molecule has 2 atom stereocenters. The standard InChI is InChI=1S/C8H17N3O.ClH/c1-6(9)8(12)11-5-7-3-2-4-10-7;/h6-7,10H,2-5,9H2,1H3,(H,11,12);1H/t6-,7?;/m1./s1. The van der Waals surface area contributed by atoms with Gasteiger partial charge in [0.1, 0.15) is 0 Å². The number of halogens is 1. The molecule has 0 saturated carbocycles. The van der Waals surface area contributed by atoms with Crippen LogP contribution >= 0.6 is 12.4 Å². The third-order valence-corrected chi connectivity index (χ3v) is 2.10. The molecule has 0 spiro atoms. The largest absolute Gasteiger partial charge is 0.353 e. The molecule has 1 heterocycles. The highest BCUT2D eigenvalue weighted by Gasteiger charge is 2.15. The Hall–Kier alpha value is -0.320. The first-order valence-corrected chi connectivity index (χ1v) is 4.47. The van der Waals surface area contributed by atoms with Crippen molar-refractivity contribution in [2.45, 2.75) is 31.8 Å². The number of amides is 1. The quantitative estimate of drug-likeness (QED) is 0.592. The Morgan fingerprint density at radius 1 is 1.77 bits per heavy atom. The molecule has 0 aromatic carbocycles. The SMILES string of the molecule is C[C@@H](N)C(=O)NCC1CCCN1.Cl. The van der Waals surface area contributed by atoms with Crippen molar-refractivity contribution < 1.29 is 4.79 Å². The molecule has 0 bridgehead atoms. The highest BCUT2D eigenvalue weighted by Crippen LogP contribution is 2.02. The van der Waals surface area contributed by atoms with E-state index < -0.39 is 6.04 Å². The lowest BCUT2D eigenvalue weighted by atomic mass is 10.2. The van der Waals surface area contributed by atoms with Gasteiger partial charge >= 0.3 is 0 Å². The number of nitrogens with one attached hydrogen (secondary N) is 2. The van der Waals surface area contributed by atoms with Crippen molar-refractivity contribution in [1.82, 2.24) is 10.6 Å². The lowest BCUT2D eigenvalue weighted by Crippen LogP contribution is -2.43. The Labute approximate surface area is 85.0 Å². The van der Waals surface area contributed by atoms with E-state index in [0.717, 1.165) is 13.0 Å². The molecule has 13 heavy (non-hydrogen) atoms. The summed E-state index contributed by atoms with van der Waals surface area (Å²) in [5.74, 6) is -0.0660. The van der Waals surface area contributed by atoms with Crippen LogP contribution in [0.1, 0.15) is 19.8 Å². The van der Waals surface area contributed by atoms with Gasteiger partial charge in [-0.1, -0.05) is 0 Å². The van der Waals surface area contributed by atoms with Crippen LogP contribution in [-0.4, -0.2) is 31.1 Å². The number of nitrogens with two attached hydrogens (primary N) is 1. The molecule has 1 rings (SSSR count). The van der Waals surface area contributed by atoms with Gasteiger partial charge in [0.25, 0.3) is 0 Å². The summed E-state index contributed by atoms with van der Waals surface area (Å²) < 4.78 is 0. The molecule has 0 aromatic heterocycles. The van der Waals surface area contributed by atoms with Gasteiger partial charge in [-0.15, -0.1) is 12.4 Å². The number of hydrogen-bond donors (Lipinski definition) is 3. The Morgan fingerprint density at radius 3 is 2.92 bits per heavy atom. The first-order chi connectivity index (χ1) is 5.70. The second-order valence-electron chi connectivity index (χ2n) is 3.33. The van der Waals surface area contributed by atoms with Crippen molar-refractivity contribution in [3.63, 3.8) is 0 Å². The van der Waals surface area contributed by atoms with Gasteiger partial charge in [-0.3, -0.25) is 4.79 Å². The van der Waals surface area contributed by atoms with Crippen molar-refractivity contribution in [2.24, 2.45) is 5.73 Å². The molecule has 1 fully saturated rings. The maximum atomic E-state index is 11.0. The number of carbonyl (C=O) groups excluding carboxylic acids is 1. The van der Waals surface area contributed by atoms with E-state index in [1.165, 1.54) is 6.42 Å². The van der Waals surface area contributed by atoms with Gasteiger partial charge in [0.15, 0.2) is 0 Å². The van der Waals surface area contributed by atoms with Crippen LogP contribution in [0, 0.1) is 0 Å². The fraction of sp³-hybridized carbons (Fsp3) is 0.875. The summed E-state index contributed by atoms with van der Waals surface area (Å²) in [5, 5.41) is 6.09. The van der Waals surface area contributed by atoms with Crippen molar-refractivity contribution in [3.05, 3.63) is 0 Å². The van der Waals surface area contributed by atoms with E-state index >= 15 is 0 Å². The minimum atomic E-state index is -0.397. The van der Waals surface area contributed by atoms with Crippen LogP contribution in [0.25, 0.3) is 0 Å². The van der Waals surface area contributed by atoms with Crippen LogP contribution in [0.5, 0.6) is 0 Å². The minimum absolute atomic E-state index is 0. The Balaban J connectivity index is 0.00000144. The lowest BCUT2D eigenvalue weighted by molar-refractivity contribution is -0.122. The Morgan fingerprint density at radius 2 is 2.46 bits per heavy atom. The van der Waals surface area contributed by atoms with Crippen molar-refractivity contribution in [2.75, 3.05) is 13.1 Å². The first kappa shape index (κ1) is 12.7. The zero-order valence-electron chi connectivity index (χ0n) is 7.88. The van der Waals surface area contributed by atoms with Crippen molar-refractivity contribution >= 4 is 18.3 Å². The molecule has 1 saturated heterocycles. The van der Waals surface area contributed by atoms with Gasteiger partial charge < -0.3 is 16.4 Å². The maximum Gasteiger partial charge on any atom is 0.236 e. The van der Waals surface area contributed by atoms with E-state index in [1.54, 1.807) is 6.92 Å². The van der Waals surface area contributed by atoms with Crippen LogP contribution in [0.2, 0.25) is 0 Å². The Bertz CT molecular complexity index is 157. The molecule has 4 N–H and O–H groups in total. The molecule has 5 heteroatoms. The first-order valence-electron chi connectivity index (χ1n) is 4.47. The predicted octanol–water partition coefficient (Wildman–Crippen LogP) is -0.376. The molecule has 0 aromatic rings. The molecule has 0 aliphatic carbocycles. The van der Waals surface area contributed by atoms with Gasteiger partial charge in [-0.25, -0.2) is 0 Å². The molecule has 4 nitrogen and oxygen atoms in total. The van der Waals surface area contributed by atoms with E-state index in [1.807, 2.05) is 0 Å². The summed E-state index contributed by atoms with van der Waals surface area (Å²) >= 11 is 0. The Kier molecular flexibility index (Phi) is 6.03. The average Bonchev–Trinajstić information content (AvgIpc) is 2.51. The number of carbonyl (C=O) groups is 1. The normalized spacial score (nSPS) is 23.4. The zero-order chi connectivity index (χ0) is 8.97. The van der Waals surface area contributed by atoms with Gasteiger partial charge in [-0.2, -0.15) is 0 Å². The van der Waals surface area contributed by atoms with E-state index in [-0.39, 0.29) is 18.3 Å². The zero-order valence-corrected chi connectivity index (χ0v) is 8.69. The third-order valence-electron chi connectivity index (χ3n) is 2.10. The number of hydrogen-bond acceptors (Lipinski definition) is 3. The average molecular weight is 208 g/mol. The minimum Gasteiger partial charge on any atom is -0.353 e. The van der Waals surface area contributed by atoms with Crippen LogP contribution in [-0.2, 0) is 4.79 Å². The molecule has 0 radical (unpaired) electrons. The van der Waals surface area contributed by atoms with E-state index in [9.17, 15) is 4.79 Å². The maximum absolute atomic E-state index is 11.0. The van der Waals surface area contributed by atoms with E-state index in [2.05, 4.69) is 10.6 Å². The predicted molar refractivity (Wildman–Crippen MR) is 54.9 cm³/mol. The molecule has 1 aliphatic rings. The monoisotopic (exact) mass is 207 g/mol. The van der Waals surface area contributed by atoms with Crippen LogP contribution < -0.4 is 16.4 Å². The topological polar surface area (TPSA) is 67.2 Å². The van der Waals surface area contributed by atoms with Gasteiger partial charge in [0.05, 0.1) is 6.04 Å². The number of rotatable bonds is 3. The molecular weight excluding hydrogens is 190 g/mol. The molecule has 1 unspecified atom stereocenters. The fourth-order valence-electron chi connectivity index (χ4n) is 1.32. The lowest BCUT2D eigenvalue weighted by Gasteiger charge is -2.12. The second kappa shape index (κ2) is 6.18. The molecule has 1 amide bonds. The van der Waals surface area contributed by atoms with Gasteiger partial charge in [-0.05, 0) is 26.3 Å². The van der Waals surface area contributed by atoms with E-state index in [4.69, 9.17) is 5.73 Å². The van der Waals surface area contributed by atoms with Gasteiger partial charge in [0.2, 0.25) is 5.91 Å². The molecule has 1 aliphatic heterocycles. The van der Waals surface area contributed by atoms with Gasteiger partial charge in [0, 0.05) is 12.6 Å². The summed E-state index contributed by atoms with van der Waals surface area (Å²) in [7, 11) is 0. The van der Waals surface area contributed by atoms with E-state index in [0.29, 0.717) is 12.6 Å². The summed E-state index contributed by atoms with van der Waals surface area (Å²) in [5.41, 5.74) is 5.39. The third kappa shape index (κ3) is 4.45. The van der Waals surface area contributed by atoms with Crippen molar-refractivity contribution in [1.29, 1.82) is 0 Å². The summed E-state index contributed by atoms with van der Waals surface area (Å²) in [4.78, 5) is 11.0. The van der Waals surface area contributed by atoms with Crippen LogP contribution in [0.3, 0.4) is 0 Å². The highest BCUT2D eigenvalue weighted by atomic mass is 35.5. The van der Waals surface area contributed by atoms with Crippen LogP contribution in [0.15, 0.2) is 0 Å². The summed E-state index contributed by atoms with van der Waals surface area (Å²) in [6.07, 6.45) is 2.36. The smallest absolute Gasteiger partial charge is 0.236 e. The molecule has 78 valence electrons. The van der Waals surface area contributed by atoms with Crippen molar-refractivity contribution in [3.8, 4) is 0 Å². The fourth-order valence-corrected chi connectivity index (χ4v) is 1.32. The summed E-state index contributed by atoms with van der Waals surface area (Å²) in [6, 6.07) is 0.0547. The highest BCUT2D eigenvalue weighted by molar-refractivity contribution is 5.85. The van der Waals surface area contributed by atoms with Crippen LogP contribution in [0.4, 0.5) is 0 Å².